The van der Waals surface area contributed by atoms with Crippen molar-refractivity contribution in [1.82, 2.24) is 0 Å². The van der Waals surface area contributed by atoms with Crippen molar-refractivity contribution in [3.05, 3.63) is 84.0 Å². The zero-order valence-corrected chi connectivity index (χ0v) is 26.9. The van der Waals surface area contributed by atoms with Gasteiger partial charge in [-0.15, -0.1) is 0 Å². The van der Waals surface area contributed by atoms with Gasteiger partial charge in [-0.2, -0.15) is 0 Å². The lowest BCUT2D eigenvalue weighted by molar-refractivity contribution is -0.0313. The number of rotatable bonds is 12. The van der Waals surface area contributed by atoms with E-state index in [0.29, 0.717) is 25.9 Å². The SMILES string of the molecule is COCOCCCC1=C[C@@]2(C)C(C)(C)[C@@H]1C[C@@]2(O)/C(C)=C/CO[Si](c1ccccc1)(c1ccccc1)C(C)(C)C. The Hall–Kier alpha value is -2.02. The van der Waals surface area contributed by atoms with Gasteiger partial charge >= 0.3 is 0 Å². The molecule has 218 valence electrons. The third kappa shape index (κ3) is 5.09. The van der Waals surface area contributed by atoms with Gasteiger partial charge in [-0.05, 0) is 58.5 Å². The van der Waals surface area contributed by atoms with Crippen LogP contribution in [0.25, 0.3) is 0 Å². The number of hydrogen-bond acceptors (Lipinski definition) is 4. The van der Waals surface area contributed by atoms with E-state index in [1.807, 2.05) is 0 Å². The molecule has 0 saturated heterocycles. The van der Waals surface area contributed by atoms with Crippen LogP contribution in [0.3, 0.4) is 0 Å². The molecule has 2 aliphatic carbocycles. The lowest BCUT2D eigenvalue weighted by Crippen LogP contribution is -2.66. The summed E-state index contributed by atoms with van der Waals surface area (Å²) >= 11 is 0. The van der Waals surface area contributed by atoms with Crippen molar-refractivity contribution in [2.75, 3.05) is 27.1 Å². The molecule has 0 unspecified atom stereocenters. The van der Waals surface area contributed by atoms with Gasteiger partial charge in [-0.25, -0.2) is 0 Å². The lowest BCUT2D eigenvalue weighted by atomic mass is 9.63. The summed E-state index contributed by atoms with van der Waals surface area (Å²) in [4.78, 5) is 0. The maximum absolute atomic E-state index is 12.3. The molecule has 2 aliphatic rings. The van der Waals surface area contributed by atoms with Crippen molar-refractivity contribution in [3.63, 3.8) is 0 Å². The van der Waals surface area contributed by atoms with E-state index < -0.39 is 13.9 Å². The van der Waals surface area contributed by atoms with Gasteiger partial charge in [0.2, 0.25) is 0 Å². The third-order valence-corrected chi connectivity index (χ3v) is 15.2. The fourth-order valence-corrected chi connectivity index (χ4v) is 12.1. The summed E-state index contributed by atoms with van der Waals surface area (Å²) in [7, 11) is -0.987. The smallest absolute Gasteiger partial charge is 0.261 e. The van der Waals surface area contributed by atoms with Crippen LogP contribution in [0.5, 0.6) is 0 Å². The van der Waals surface area contributed by atoms with Gasteiger partial charge in [0.15, 0.2) is 0 Å². The number of hydrogen-bond donors (Lipinski definition) is 1. The summed E-state index contributed by atoms with van der Waals surface area (Å²) in [6, 6.07) is 21.5. The quantitative estimate of drug-likeness (QED) is 0.136. The normalized spacial score (nSPS) is 26.3. The maximum Gasteiger partial charge on any atom is 0.261 e. The number of benzene rings is 2. The summed E-state index contributed by atoms with van der Waals surface area (Å²) in [5.41, 5.74) is 1.22. The number of aliphatic hydroxyl groups is 1. The Bertz CT molecular complexity index is 1160. The van der Waals surface area contributed by atoms with Crippen molar-refractivity contribution in [2.45, 2.75) is 78.4 Å². The first kappa shape index (κ1) is 30.9. The predicted molar refractivity (Wildman–Crippen MR) is 167 cm³/mol. The van der Waals surface area contributed by atoms with E-state index in [1.54, 1.807) is 7.11 Å². The second kappa shape index (κ2) is 11.7. The standard InChI is InChI=1S/C35H50O4Si/c1-27(35(36)25-31-28(16-15-22-38-26-37-8)24-34(35,7)33(31,5)6)21-23-39-40(32(2,3)4,29-17-11-9-12-18-29)30-19-13-10-14-20-30/h9-14,17-21,24,31,36H,15-16,22-23,25-26H2,1-8H3/b27-21+/t31-,34+,35-/m1/s1. The highest BCUT2D eigenvalue weighted by Gasteiger charge is 2.68. The fourth-order valence-electron chi connectivity index (χ4n) is 7.59. The van der Waals surface area contributed by atoms with Crippen LogP contribution in [-0.4, -0.2) is 46.1 Å². The van der Waals surface area contributed by atoms with Crippen molar-refractivity contribution in [1.29, 1.82) is 0 Å². The molecule has 4 rings (SSSR count). The van der Waals surface area contributed by atoms with Crippen LogP contribution in [0.15, 0.2) is 84.0 Å². The van der Waals surface area contributed by atoms with E-state index in [0.717, 1.165) is 24.8 Å². The number of allylic oxidation sites excluding steroid dienone is 1. The Balaban J connectivity index is 1.60. The van der Waals surface area contributed by atoms with Gasteiger partial charge in [-0.3, -0.25) is 0 Å². The largest absolute Gasteiger partial charge is 0.404 e. The van der Waals surface area contributed by atoms with Gasteiger partial charge < -0.3 is 19.0 Å². The predicted octanol–water partition coefficient (Wildman–Crippen LogP) is 6.63. The summed E-state index contributed by atoms with van der Waals surface area (Å²) < 4.78 is 17.6. The van der Waals surface area contributed by atoms with Gasteiger partial charge in [0.05, 0.1) is 12.2 Å². The first-order valence-corrected chi connectivity index (χ1v) is 16.7. The first-order chi connectivity index (χ1) is 18.8. The van der Waals surface area contributed by atoms with E-state index in [1.165, 1.54) is 15.9 Å². The summed E-state index contributed by atoms with van der Waals surface area (Å²) in [5, 5.41) is 14.8. The van der Waals surface area contributed by atoms with Crippen LogP contribution >= 0.6 is 0 Å². The van der Waals surface area contributed by atoms with Crippen LogP contribution in [0.2, 0.25) is 5.04 Å². The topological polar surface area (TPSA) is 47.9 Å². The van der Waals surface area contributed by atoms with Crippen LogP contribution in [0.1, 0.15) is 67.7 Å². The van der Waals surface area contributed by atoms with Gasteiger partial charge in [0.25, 0.3) is 8.32 Å². The van der Waals surface area contributed by atoms with Crippen LogP contribution < -0.4 is 10.4 Å². The molecule has 0 amide bonds. The Kier molecular flexibility index (Phi) is 9.04. The highest BCUT2D eigenvalue weighted by atomic mass is 28.4. The molecule has 1 saturated carbocycles. The Morgan fingerprint density at radius 2 is 1.57 bits per heavy atom. The zero-order valence-electron chi connectivity index (χ0n) is 25.9. The van der Waals surface area contributed by atoms with Crippen LogP contribution in [-0.2, 0) is 13.9 Å². The molecule has 1 fully saturated rings. The maximum atomic E-state index is 12.3. The van der Waals surface area contributed by atoms with Crippen molar-refractivity contribution < 1.29 is 19.0 Å². The van der Waals surface area contributed by atoms with Gasteiger partial charge in [-0.1, -0.05) is 120 Å². The first-order valence-electron chi connectivity index (χ1n) is 14.8. The van der Waals surface area contributed by atoms with Gasteiger partial charge in [0, 0.05) is 19.1 Å². The lowest BCUT2D eigenvalue weighted by Gasteiger charge is -2.45. The molecule has 2 bridgehead atoms. The third-order valence-electron chi connectivity index (χ3n) is 10.2. The second-order valence-corrected chi connectivity index (χ2v) is 17.8. The second-order valence-electron chi connectivity index (χ2n) is 13.5. The minimum atomic E-state index is -2.64. The van der Waals surface area contributed by atoms with E-state index in [-0.39, 0.29) is 15.9 Å². The molecule has 4 nitrogen and oxygen atoms in total. The van der Waals surface area contributed by atoms with Gasteiger partial charge in [0.1, 0.15) is 6.79 Å². The molecule has 40 heavy (non-hydrogen) atoms. The Morgan fingerprint density at radius 1 is 1.00 bits per heavy atom. The van der Waals surface area contributed by atoms with Crippen LogP contribution in [0.4, 0.5) is 0 Å². The average Bonchev–Trinajstić information content (AvgIpc) is 3.21. The molecule has 5 heteroatoms. The molecule has 0 spiro atoms. The van der Waals surface area contributed by atoms with Crippen molar-refractivity contribution in [2.24, 2.45) is 16.7 Å². The monoisotopic (exact) mass is 562 g/mol. The van der Waals surface area contributed by atoms with E-state index in [4.69, 9.17) is 13.9 Å². The Labute approximate surface area is 243 Å². The van der Waals surface area contributed by atoms with Crippen molar-refractivity contribution in [3.8, 4) is 0 Å². The van der Waals surface area contributed by atoms with Crippen LogP contribution in [0, 0.1) is 16.7 Å². The summed E-state index contributed by atoms with van der Waals surface area (Å²) in [6.45, 7) is 17.4. The fraction of sp³-hybridized carbons (Fsp3) is 0.543. The minimum Gasteiger partial charge on any atom is -0.404 e. The number of fused-ring (bicyclic) bond motifs is 2. The Morgan fingerprint density at radius 3 is 2.05 bits per heavy atom. The van der Waals surface area contributed by atoms with E-state index in [2.05, 4.69) is 121 Å². The molecule has 0 heterocycles. The molecule has 3 atom stereocenters. The van der Waals surface area contributed by atoms with Crippen molar-refractivity contribution >= 4 is 18.7 Å². The molecule has 0 aliphatic heterocycles. The molecular weight excluding hydrogens is 512 g/mol. The molecule has 0 aromatic heterocycles. The average molecular weight is 563 g/mol. The minimum absolute atomic E-state index is 0.0293. The number of ether oxygens (including phenoxy) is 2. The molecule has 0 radical (unpaired) electrons. The molecule has 1 N–H and O–H groups in total. The molecule has 2 aromatic carbocycles. The highest BCUT2D eigenvalue weighted by Crippen LogP contribution is 2.70. The highest BCUT2D eigenvalue weighted by molar-refractivity contribution is 6.99. The summed E-state index contributed by atoms with van der Waals surface area (Å²) in [6.07, 6.45) is 7.27. The van der Waals surface area contributed by atoms with E-state index in [9.17, 15) is 5.11 Å². The number of methoxy groups -OCH3 is 1. The van der Waals surface area contributed by atoms with E-state index >= 15 is 0 Å². The zero-order chi connectivity index (χ0) is 29.2. The molecular formula is C35H50O4Si. The molecule has 2 aromatic rings. The summed E-state index contributed by atoms with van der Waals surface area (Å²) in [5.74, 6) is 0.353.